The number of amides is 1. The standard InChI is InChI=1S/C27H36N4O4/c32-26(30-35-27-8-1-4-18-34-27)14-11-22-6-5-7-25(29-20-22)28-15-19-33-24-12-9-23(10-13-24)21-31-16-2-3-17-31/h5,7,9-14,20,27H,1-4,6,8,15-19,21H2,(H,28,29)(H,30,32)/b14-11+. The van der Waals surface area contributed by atoms with Crippen LogP contribution in [0.15, 0.2) is 65.3 Å². The van der Waals surface area contributed by atoms with Gasteiger partial charge in [-0.3, -0.25) is 14.7 Å². The molecular formula is C27H36N4O4. The molecule has 4 rings (SSSR count). The largest absolute Gasteiger partial charge is 0.492 e. The van der Waals surface area contributed by atoms with Crippen LogP contribution in [-0.4, -0.2) is 55.8 Å². The van der Waals surface area contributed by atoms with Gasteiger partial charge in [0.1, 0.15) is 18.2 Å². The van der Waals surface area contributed by atoms with Gasteiger partial charge in [-0.2, -0.15) is 0 Å². The number of amidine groups is 1. The molecule has 0 aliphatic carbocycles. The van der Waals surface area contributed by atoms with Crippen LogP contribution in [0.1, 0.15) is 44.1 Å². The lowest BCUT2D eigenvalue weighted by atomic mass is 10.2. The van der Waals surface area contributed by atoms with Crippen LogP contribution in [0.2, 0.25) is 0 Å². The highest BCUT2D eigenvalue weighted by atomic mass is 16.8. The van der Waals surface area contributed by atoms with Crippen LogP contribution in [-0.2, 0) is 20.9 Å². The summed E-state index contributed by atoms with van der Waals surface area (Å²) in [6.07, 6.45) is 14.9. The highest BCUT2D eigenvalue weighted by Gasteiger charge is 2.15. The van der Waals surface area contributed by atoms with Crippen LogP contribution in [0.4, 0.5) is 0 Å². The smallest absolute Gasteiger partial charge is 0.267 e. The second-order valence-electron chi connectivity index (χ2n) is 8.93. The van der Waals surface area contributed by atoms with E-state index in [9.17, 15) is 4.79 Å². The number of benzene rings is 1. The molecular weight excluding hydrogens is 444 g/mol. The van der Waals surface area contributed by atoms with Gasteiger partial charge in [0.05, 0.1) is 6.54 Å². The summed E-state index contributed by atoms with van der Waals surface area (Å²) in [6.45, 7) is 5.15. The normalized spacial score (nSPS) is 22.1. The number of nitrogens with one attached hydrogen (secondary N) is 2. The van der Waals surface area contributed by atoms with Crippen molar-refractivity contribution in [3.8, 4) is 5.75 Å². The van der Waals surface area contributed by atoms with Crippen molar-refractivity contribution in [1.29, 1.82) is 0 Å². The van der Waals surface area contributed by atoms with E-state index in [0.717, 1.165) is 43.0 Å². The molecule has 0 saturated carbocycles. The van der Waals surface area contributed by atoms with Crippen molar-refractivity contribution < 1.29 is 19.1 Å². The second-order valence-corrected chi connectivity index (χ2v) is 8.93. The zero-order valence-corrected chi connectivity index (χ0v) is 20.3. The molecule has 0 radical (unpaired) electrons. The Balaban J connectivity index is 1.14. The number of rotatable bonds is 10. The van der Waals surface area contributed by atoms with Crippen LogP contribution < -0.4 is 15.5 Å². The molecule has 3 aliphatic rings. The van der Waals surface area contributed by atoms with Gasteiger partial charge in [0.25, 0.3) is 5.91 Å². The summed E-state index contributed by atoms with van der Waals surface area (Å²) in [5, 5.41) is 3.19. The van der Waals surface area contributed by atoms with Gasteiger partial charge in [-0.1, -0.05) is 24.3 Å². The fourth-order valence-electron chi connectivity index (χ4n) is 4.16. The lowest BCUT2D eigenvalue weighted by molar-refractivity contribution is -0.198. The van der Waals surface area contributed by atoms with Gasteiger partial charge in [0.2, 0.25) is 0 Å². The minimum atomic E-state index is -0.357. The first-order valence-electron chi connectivity index (χ1n) is 12.6. The number of hydrogen-bond acceptors (Lipinski definition) is 6. The number of ether oxygens (including phenoxy) is 2. The van der Waals surface area contributed by atoms with Crippen molar-refractivity contribution in [3.63, 3.8) is 0 Å². The third kappa shape index (κ3) is 8.98. The van der Waals surface area contributed by atoms with Crippen LogP contribution >= 0.6 is 0 Å². The fourth-order valence-corrected chi connectivity index (χ4v) is 4.16. The molecule has 188 valence electrons. The van der Waals surface area contributed by atoms with Gasteiger partial charge in [-0.05, 0) is 74.5 Å². The predicted molar refractivity (Wildman–Crippen MR) is 136 cm³/mol. The van der Waals surface area contributed by atoms with E-state index in [1.165, 1.54) is 37.6 Å². The molecule has 0 aromatic heterocycles. The van der Waals surface area contributed by atoms with Gasteiger partial charge >= 0.3 is 0 Å². The van der Waals surface area contributed by atoms with E-state index in [2.05, 4.69) is 32.8 Å². The summed E-state index contributed by atoms with van der Waals surface area (Å²) >= 11 is 0. The molecule has 0 spiro atoms. The number of allylic oxidation sites excluding steroid dienone is 3. The molecule has 2 saturated heterocycles. The average Bonchev–Trinajstić information content (AvgIpc) is 3.30. The summed E-state index contributed by atoms with van der Waals surface area (Å²) in [4.78, 5) is 24.3. The summed E-state index contributed by atoms with van der Waals surface area (Å²) in [5.41, 5.74) is 4.71. The van der Waals surface area contributed by atoms with Gasteiger partial charge in [-0.25, -0.2) is 10.3 Å². The molecule has 1 unspecified atom stereocenters. The number of hydrogen-bond donors (Lipinski definition) is 2. The van der Waals surface area contributed by atoms with Gasteiger partial charge in [0, 0.05) is 31.8 Å². The van der Waals surface area contributed by atoms with E-state index in [4.69, 9.17) is 14.3 Å². The Bertz CT molecular complexity index is 927. The van der Waals surface area contributed by atoms with E-state index in [1.54, 1.807) is 6.08 Å². The summed E-state index contributed by atoms with van der Waals surface area (Å²) in [7, 11) is 0. The van der Waals surface area contributed by atoms with Crippen LogP contribution in [0.5, 0.6) is 5.75 Å². The van der Waals surface area contributed by atoms with Crippen LogP contribution in [0.25, 0.3) is 0 Å². The Morgan fingerprint density at radius 1 is 1.20 bits per heavy atom. The minimum absolute atomic E-state index is 0.316. The van der Waals surface area contributed by atoms with Crippen molar-refractivity contribution in [2.45, 2.75) is 51.4 Å². The first-order chi connectivity index (χ1) is 17.2. The molecule has 1 aromatic carbocycles. The third-order valence-corrected chi connectivity index (χ3v) is 6.08. The van der Waals surface area contributed by atoms with Crippen LogP contribution in [0.3, 0.4) is 0 Å². The zero-order chi connectivity index (χ0) is 24.1. The van der Waals surface area contributed by atoms with Crippen molar-refractivity contribution >= 4 is 11.7 Å². The molecule has 8 nitrogen and oxygen atoms in total. The maximum Gasteiger partial charge on any atom is 0.267 e. The topological polar surface area (TPSA) is 84.4 Å². The number of carbonyl (C=O) groups excluding carboxylic acids is 1. The lowest BCUT2D eigenvalue weighted by Gasteiger charge is -2.21. The van der Waals surface area contributed by atoms with E-state index >= 15 is 0 Å². The van der Waals surface area contributed by atoms with Crippen LogP contribution in [0, 0.1) is 0 Å². The zero-order valence-electron chi connectivity index (χ0n) is 20.3. The highest BCUT2D eigenvalue weighted by Crippen LogP contribution is 2.16. The highest BCUT2D eigenvalue weighted by molar-refractivity contribution is 5.94. The Morgan fingerprint density at radius 3 is 2.86 bits per heavy atom. The quantitative estimate of drug-likeness (QED) is 0.302. The Kier molecular flexibility index (Phi) is 9.94. The average molecular weight is 481 g/mol. The molecule has 1 amide bonds. The van der Waals surface area contributed by atoms with Gasteiger partial charge < -0.3 is 14.8 Å². The Hall–Kier alpha value is -2.94. The lowest BCUT2D eigenvalue weighted by Crippen LogP contribution is -2.32. The molecule has 1 atom stereocenters. The monoisotopic (exact) mass is 480 g/mol. The summed E-state index contributed by atoms with van der Waals surface area (Å²) < 4.78 is 11.3. The van der Waals surface area contributed by atoms with Crippen molar-refractivity contribution in [3.05, 3.63) is 65.9 Å². The van der Waals surface area contributed by atoms with Gasteiger partial charge in [-0.15, -0.1) is 0 Å². The summed E-state index contributed by atoms with van der Waals surface area (Å²) in [6, 6.07) is 8.36. The van der Waals surface area contributed by atoms with E-state index in [1.807, 2.05) is 30.5 Å². The molecule has 35 heavy (non-hydrogen) atoms. The Morgan fingerprint density at radius 2 is 2.06 bits per heavy atom. The van der Waals surface area contributed by atoms with E-state index in [-0.39, 0.29) is 12.2 Å². The van der Waals surface area contributed by atoms with Gasteiger partial charge in [0.15, 0.2) is 6.29 Å². The molecule has 8 heteroatoms. The third-order valence-electron chi connectivity index (χ3n) is 6.08. The molecule has 3 heterocycles. The Labute approximate surface area is 207 Å². The number of likely N-dealkylation sites (tertiary alicyclic amines) is 1. The maximum atomic E-state index is 12.0. The first kappa shape index (κ1) is 25.2. The van der Waals surface area contributed by atoms with E-state index in [0.29, 0.717) is 26.2 Å². The van der Waals surface area contributed by atoms with Crippen molar-refractivity contribution in [2.24, 2.45) is 4.99 Å². The molecule has 3 aliphatic heterocycles. The molecule has 1 aromatic rings. The second kappa shape index (κ2) is 13.8. The number of nitrogens with zero attached hydrogens (tertiary/aromatic N) is 2. The number of hydroxylamine groups is 1. The SMILES string of the molecule is O=C(/C=C/C1=CNC(=NCCOc2ccc(CN3CCCC3)cc2)C=CC1)NOC1CCCCO1. The van der Waals surface area contributed by atoms with E-state index < -0.39 is 0 Å². The van der Waals surface area contributed by atoms with Crippen molar-refractivity contribution in [1.82, 2.24) is 15.7 Å². The number of aliphatic imine (C=N–C) groups is 1. The first-order valence-corrected chi connectivity index (χ1v) is 12.6. The minimum Gasteiger partial charge on any atom is -0.492 e. The fraction of sp³-hybridized carbons (Fsp3) is 0.481. The molecule has 0 bridgehead atoms. The number of carbonyl (C=O) groups is 1. The maximum absolute atomic E-state index is 12.0. The predicted octanol–water partition coefficient (Wildman–Crippen LogP) is 3.62. The van der Waals surface area contributed by atoms with Crippen molar-refractivity contribution in [2.75, 3.05) is 32.8 Å². The summed E-state index contributed by atoms with van der Waals surface area (Å²) in [5.74, 6) is 1.31. The molecule has 2 fully saturated rings. The molecule has 2 N–H and O–H groups in total.